The molecule has 0 saturated carbocycles. The summed E-state index contributed by atoms with van der Waals surface area (Å²) in [7, 11) is 0. The van der Waals surface area contributed by atoms with Crippen molar-refractivity contribution >= 4 is 29.4 Å². The molecule has 5 amide bonds. The Labute approximate surface area is 145 Å². The van der Waals surface area contributed by atoms with Gasteiger partial charge in [-0.25, -0.2) is 9.69 Å². The fraction of sp³-hybridized carbons (Fsp3) is 0.333. The summed E-state index contributed by atoms with van der Waals surface area (Å²) in [5, 5.41) is 2.31. The van der Waals surface area contributed by atoms with Crippen molar-refractivity contribution in [3.05, 3.63) is 24.3 Å². The van der Waals surface area contributed by atoms with Gasteiger partial charge in [-0.3, -0.25) is 19.3 Å². The molecule has 0 aromatic heterocycles. The number of halogens is 3. The highest BCUT2D eigenvalue weighted by molar-refractivity contribution is 6.45. The Bertz CT molecular complexity index is 746. The van der Waals surface area contributed by atoms with Crippen LogP contribution in [0, 0.1) is 0 Å². The number of amides is 5. The third kappa shape index (κ3) is 4.29. The number of nitrogens with one attached hydrogen (secondary N) is 1. The van der Waals surface area contributed by atoms with E-state index in [1.165, 1.54) is 13.8 Å². The van der Waals surface area contributed by atoms with Crippen molar-refractivity contribution in [1.29, 1.82) is 0 Å². The van der Waals surface area contributed by atoms with Crippen molar-refractivity contribution in [2.24, 2.45) is 0 Å². The highest BCUT2D eigenvalue weighted by Gasteiger charge is 2.46. The van der Waals surface area contributed by atoms with Gasteiger partial charge in [-0.05, 0) is 38.1 Å². The van der Waals surface area contributed by atoms with Crippen LogP contribution in [0.15, 0.2) is 24.3 Å². The van der Waals surface area contributed by atoms with E-state index in [0.717, 1.165) is 29.2 Å². The number of anilines is 1. The number of hydrogen-bond acceptors (Lipinski definition) is 5. The summed E-state index contributed by atoms with van der Waals surface area (Å²) < 4.78 is 39.9. The number of carbonyl (C=O) groups is 4. The highest BCUT2D eigenvalue weighted by atomic mass is 19.4. The summed E-state index contributed by atoms with van der Waals surface area (Å²) in [6, 6.07) is 2.82. The molecule has 0 atom stereocenters. The van der Waals surface area contributed by atoms with Crippen LogP contribution in [0.25, 0.3) is 0 Å². The molecule has 8 nitrogen and oxygen atoms in total. The van der Waals surface area contributed by atoms with Gasteiger partial charge in [-0.2, -0.15) is 0 Å². The predicted octanol–water partition coefficient (Wildman–Crippen LogP) is 1.72. The lowest BCUT2D eigenvalue weighted by molar-refractivity contribution is -0.274. The molecule has 1 heterocycles. The van der Waals surface area contributed by atoms with Gasteiger partial charge in [0.2, 0.25) is 5.91 Å². The molecule has 0 unspecified atom stereocenters. The average Bonchev–Trinajstić information content (AvgIpc) is 2.71. The molecule has 1 fully saturated rings. The summed E-state index contributed by atoms with van der Waals surface area (Å²) >= 11 is 0. The Hall–Kier alpha value is -3.11. The van der Waals surface area contributed by atoms with E-state index in [2.05, 4.69) is 10.1 Å². The number of imide groups is 2. The van der Waals surface area contributed by atoms with E-state index in [-0.39, 0.29) is 5.69 Å². The first-order valence-corrected chi connectivity index (χ1v) is 7.34. The highest BCUT2D eigenvalue weighted by Crippen LogP contribution is 2.24. The van der Waals surface area contributed by atoms with Crippen LogP contribution in [0.1, 0.15) is 13.8 Å². The van der Waals surface area contributed by atoms with Gasteiger partial charge in [-0.1, -0.05) is 0 Å². The van der Waals surface area contributed by atoms with Gasteiger partial charge in [0, 0.05) is 11.7 Å². The molecule has 0 spiro atoms. The molecule has 26 heavy (non-hydrogen) atoms. The van der Waals surface area contributed by atoms with Crippen molar-refractivity contribution in [3.63, 3.8) is 0 Å². The van der Waals surface area contributed by atoms with E-state index in [9.17, 15) is 32.3 Å². The number of nitrogens with zero attached hydrogens (tertiary/aromatic N) is 2. The molecule has 1 saturated heterocycles. The lowest BCUT2D eigenvalue weighted by atomic mass is 10.3. The minimum Gasteiger partial charge on any atom is -0.406 e. The molecule has 0 bridgehead atoms. The molecule has 1 aromatic carbocycles. The van der Waals surface area contributed by atoms with Gasteiger partial charge in [0.25, 0.3) is 0 Å². The first kappa shape index (κ1) is 19.2. The van der Waals surface area contributed by atoms with E-state index in [1.54, 1.807) is 0 Å². The summed E-state index contributed by atoms with van der Waals surface area (Å²) in [6.07, 6.45) is -4.84. The fourth-order valence-corrected chi connectivity index (χ4v) is 2.20. The lowest BCUT2D eigenvalue weighted by Crippen LogP contribution is -2.40. The minimum absolute atomic E-state index is 0.121. The third-order valence-corrected chi connectivity index (χ3v) is 3.27. The predicted molar refractivity (Wildman–Crippen MR) is 80.8 cm³/mol. The maximum Gasteiger partial charge on any atom is 0.573 e. The molecular formula is C15H14F3N3O5. The van der Waals surface area contributed by atoms with E-state index >= 15 is 0 Å². The molecule has 11 heteroatoms. The Morgan fingerprint density at radius 1 is 1.12 bits per heavy atom. The van der Waals surface area contributed by atoms with Crippen LogP contribution in [-0.4, -0.2) is 52.5 Å². The van der Waals surface area contributed by atoms with E-state index < -0.39 is 48.5 Å². The smallest absolute Gasteiger partial charge is 0.406 e. The summed E-state index contributed by atoms with van der Waals surface area (Å²) in [5.41, 5.74) is 0.121. The van der Waals surface area contributed by atoms with E-state index in [1.807, 2.05) is 0 Å². The van der Waals surface area contributed by atoms with Crippen LogP contribution >= 0.6 is 0 Å². The quantitative estimate of drug-likeness (QED) is 0.626. The van der Waals surface area contributed by atoms with E-state index in [0.29, 0.717) is 4.90 Å². The molecular weight excluding hydrogens is 359 g/mol. The molecule has 0 aliphatic carbocycles. The number of rotatable bonds is 5. The number of alkyl halides is 3. The SMILES string of the molecule is CC(C)N1C(=O)C(=O)N(CC(=O)Nc2ccc(OC(F)(F)F)cc2)C1=O. The van der Waals surface area contributed by atoms with Gasteiger partial charge in [0.05, 0.1) is 0 Å². The largest absolute Gasteiger partial charge is 0.573 e. The first-order chi connectivity index (χ1) is 12.0. The number of benzene rings is 1. The van der Waals surface area contributed by atoms with Gasteiger partial charge in [0.15, 0.2) is 0 Å². The van der Waals surface area contributed by atoms with Crippen molar-refractivity contribution in [2.75, 3.05) is 11.9 Å². The normalized spacial score (nSPS) is 15.1. The van der Waals surface area contributed by atoms with Crippen LogP contribution in [0.2, 0.25) is 0 Å². The number of carbonyl (C=O) groups excluding carboxylic acids is 4. The minimum atomic E-state index is -4.84. The summed E-state index contributed by atoms with van der Waals surface area (Å²) in [6.45, 7) is 2.38. The summed E-state index contributed by atoms with van der Waals surface area (Å²) in [4.78, 5) is 48.8. The molecule has 2 rings (SSSR count). The number of ether oxygens (including phenoxy) is 1. The monoisotopic (exact) mass is 373 g/mol. The fourth-order valence-electron chi connectivity index (χ4n) is 2.20. The van der Waals surface area contributed by atoms with Gasteiger partial charge < -0.3 is 10.1 Å². The second-order valence-electron chi connectivity index (χ2n) is 5.56. The Morgan fingerprint density at radius 3 is 2.15 bits per heavy atom. The standard InChI is InChI=1S/C15H14F3N3O5/c1-8(2)21-13(24)12(23)20(14(21)25)7-11(22)19-9-3-5-10(6-4-9)26-15(16,17)18/h3-6,8H,7H2,1-2H3,(H,19,22). The zero-order valence-corrected chi connectivity index (χ0v) is 13.7. The maximum absolute atomic E-state index is 12.1. The second kappa shape index (κ2) is 7.02. The molecule has 140 valence electrons. The van der Waals surface area contributed by atoms with Crippen LogP contribution in [0.4, 0.5) is 23.7 Å². The lowest BCUT2D eigenvalue weighted by Gasteiger charge is -2.18. The molecule has 1 N–H and O–H groups in total. The topological polar surface area (TPSA) is 96.0 Å². The number of hydrogen-bond donors (Lipinski definition) is 1. The van der Waals surface area contributed by atoms with Crippen LogP contribution in [0.3, 0.4) is 0 Å². The van der Waals surface area contributed by atoms with Gasteiger partial charge in [-0.15, -0.1) is 13.2 Å². The first-order valence-electron chi connectivity index (χ1n) is 7.34. The molecule has 0 radical (unpaired) electrons. The van der Waals surface area contributed by atoms with Crippen LogP contribution < -0.4 is 10.1 Å². The van der Waals surface area contributed by atoms with Gasteiger partial charge >= 0.3 is 24.2 Å². The molecule has 1 aliphatic heterocycles. The zero-order valence-electron chi connectivity index (χ0n) is 13.7. The number of urea groups is 1. The van der Waals surface area contributed by atoms with Crippen molar-refractivity contribution in [3.8, 4) is 5.75 Å². The van der Waals surface area contributed by atoms with Crippen molar-refractivity contribution in [2.45, 2.75) is 26.3 Å². The Kier molecular flexibility index (Phi) is 5.19. The maximum atomic E-state index is 12.1. The second-order valence-corrected chi connectivity index (χ2v) is 5.56. The Morgan fingerprint density at radius 2 is 1.69 bits per heavy atom. The van der Waals surface area contributed by atoms with Crippen molar-refractivity contribution < 1.29 is 37.1 Å². The van der Waals surface area contributed by atoms with Crippen LogP contribution in [0.5, 0.6) is 5.75 Å². The molecule has 1 aromatic rings. The summed E-state index contributed by atoms with van der Waals surface area (Å²) in [5.74, 6) is -3.41. The van der Waals surface area contributed by atoms with Gasteiger partial charge in [0.1, 0.15) is 12.3 Å². The van der Waals surface area contributed by atoms with Crippen LogP contribution in [-0.2, 0) is 14.4 Å². The molecule has 1 aliphatic rings. The van der Waals surface area contributed by atoms with Crippen molar-refractivity contribution in [1.82, 2.24) is 9.80 Å². The Balaban J connectivity index is 2.00. The zero-order chi connectivity index (χ0) is 19.6. The third-order valence-electron chi connectivity index (χ3n) is 3.27. The average molecular weight is 373 g/mol. The van der Waals surface area contributed by atoms with E-state index in [4.69, 9.17) is 0 Å².